The number of carbonyl (C=O) groups excluding carboxylic acids is 1. The van der Waals surface area contributed by atoms with Crippen LogP contribution in [0.15, 0.2) is 11.1 Å². The highest BCUT2D eigenvalue weighted by atomic mass is 32.2. The lowest BCUT2D eigenvalue weighted by molar-refractivity contribution is -0.118. The van der Waals surface area contributed by atoms with E-state index in [-0.39, 0.29) is 28.6 Å². The van der Waals surface area contributed by atoms with Crippen LogP contribution < -0.4 is 11.1 Å². The molecule has 2 rings (SSSR count). The Morgan fingerprint density at radius 1 is 1.47 bits per heavy atom. The van der Waals surface area contributed by atoms with Gasteiger partial charge in [0.15, 0.2) is 0 Å². The number of nitrogens with one attached hydrogen (secondary N) is 1. The molecule has 0 radical (unpaired) electrons. The fraction of sp³-hybridized carbons (Fsp3) is 0.333. The van der Waals surface area contributed by atoms with Crippen LogP contribution in [-0.4, -0.2) is 22.7 Å². The summed E-state index contributed by atoms with van der Waals surface area (Å²) in [5.41, 5.74) is 6.02. The summed E-state index contributed by atoms with van der Waals surface area (Å²) in [4.78, 5) is 15.5. The Labute approximate surface area is 114 Å². The van der Waals surface area contributed by atoms with Gasteiger partial charge in [0, 0.05) is 6.04 Å². The van der Waals surface area contributed by atoms with Gasteiger partial charge in [0.1, 0.15) is 23.0 Å². The first-order valence-corrected chi connectivity index (χ1v) is 6.65. The number of rotatable bonds is 4. The molecule has 1 aromatic rings. The molecule has 1 aliphatic rings. The number of hydrogen-bond donors (Lipinski definition) is 2. The van der Waals surface area contributed by atoms with E-state index < -0.39 is 0 Å². The summed E-state index contributed by atoms with van der Waals surface area (Å²) >= 11 is 1.15. The quantitative estimate of drug-likeness (QED) is 0.783. The first kappa shape index (κ1) is 13.2. The van der Waals surface area contributed by atoms with Crippen molar-refractivity contribution in [3.63, 3.8) is 0 Å². The molecule has 1 aromatic heterocycles. The van der Waals surface area contributed by atoms with E-state index in [0.717, 1.165) is 24.6 Å². The molecule has 0 atom stereocenters. The van der Waals surface area contributed by atoms with Gasteiger partial charge in [-0.3, -0.25) is 4.79 Å². The van der Waals surface area contributed by atoms with Gasteiger partial charge in [0.25, 0.3) is 0 Å². The summed E-state index contributed by atoms with van der Waals surface area (Å²) in [5.74, 6) is 0.177. The summed E-state index contributed by atoms with van der Waals surface area (Å²) < 4.78 is 0. The summed E-state index contributed by atoms with van der Waals surface area (Å²) in [6.45, 7) is 0. The van der Waals surface area contributed by atoms with Crippen LogP contribution >= 0.6 is 11.8 Å². The van der Waals surface area contributed by atoms with Crippen molar-refractivity contribution in [3.8, 4) is 12.1 Å². The molecule has 7 heteroatoms. The number of nitrogen functional groups attached to an aromatic ring is 1. The molecule has 1 heterocycles. The number of hydrogen-bond acceptors (Lipinski definition) is 6. The Morgan fingerprint density at radius 2 is 2.16 bits per heavy atom. The van der Waals surface area contributed by atoms with Crippen molar-refractivity contribution < 1.29 is 4.79 Å². The van der Waals surface area contributed by atoms with Gasteiger partial charge in [-0.1, -0.05) is 11.8 Å². The van der Waals surface area contributed by atoms with Crippen molar-refractivity contribution in [2.24, 2.45) is 0 Å². The third-order valence-electron chi connectivity index (χ3n) is 2.54. The standard InChI is InChI=1S/C12H11N5OS/c13-4-7-3-8(5-14)12(17-11(7)15)19-6-10(18)16-9-1-2-9/h3,9H,1-2,6H2,(H2,15,17)(H,16,18). The molecule has 1 amide bonds. The third-order valence-corrected chi connectivity index (χ3v) is 3.53. The van der Waals surface area contributed by atoms with E-state index in [1.807, 2.05) is 12.1 Å². The van der Waals surface area contributed by atoms with Crippen LogP contribution in [0.2, 0.25) is 0 Å². The van der Waals surface area contributed by atoms with Crippen molar-refractivity contribution >= 4 is 23.5 Å². The van der Waals surface area contributed by atoms with Gasteiger partial charge in [-0.15, -0.1) is 0 Å². The lowest BCUT2D eigenvalue weighted by atomic mass is 10.2. The molecule has 0 unspecified atom stereocenters. The number of nitrogens with zero attached hydrogens (tertiary/aromatic N) is 3. The molecule has 0 bridgehead atoms. The monoisotopic (exact) mass is 273 g/mol. The highest BCUT2D eigenvalue weighted by molar-refractivity contribution is 8.00. The maximum absolute atomic E-state index is 11.5. The van der Waals surface area contributed by atoms with E-state index in [2.05, 4.69) is 10.3 Å². The molecule has 3 N–H and O–H groups in total. The van der Waals surface area contributed by atoms with Crippen molar-refractivity contribution in [2.75, 3.05) is 11.5 Å². The maximum atomic E-state index is 11.5. The van der Waals surface area contributed by atoms with E-state index in [0.29, 0.717) is 11.1 Å². The molecule has 0 spiro atoms. The van der Waals surface area contributed by atoms with Crippen LogP contribution in [-0.2, 0) is 4.79 Å². The van der Waals surface area contributed by atoms with Crippen LogP contribution in [0.3, 0.4) is 0 Å². The fourth-order valence-electron chi connectivity index (χ4n) is 1.42. The molecule has 96 valence electrons. The van der Waals surface area contributed by atoms with Crippen molar-refractivity contribution in [1.82, 2.24) is 10.3 Å². The number of carbonyl (C=O) groups is 1. The number of nitriles is 2. The average molecular weight is 273 g/mol. The summed E-state index contributed by atoms with van der Waals surface area (Å²) in [7, 11) is 0. The second kappa shape index (κ2) is 5.59. The smallest absolute Gasteiger partial charge is 0.230 e. The van der Waals surface area contributed by atoms with Gasteiger partial charge in [0.2, 0.25) is 5.91 Å². The molecule has 1 fully saturated rings. The zero-order valence-electron chi connectivity index (χ0n) is 10.0. The number of aromatic nitrogens is 1. The van der Waals surface area contributed by atoms with E-state index in [4.69, 9.17) is 16.3 Å². The van der Waals surface area contributed by atoms with Crippen LogP contribution in [0, 0.1) is 22.7 Å². The highest BCUT2D eigenvalue weighted by Gasteiger charge is 2.23. The molecule has 0 aliphatic heterocycles. The first-order chi connectivity index (χ1) is 9.13. The predicted molar refractivity (Wildman–Crippen MR) is 70.0 cm³/mol. The minimum absolute atomic E-state index is 0.0756. The van der Waals surface area contributed by atoms with Crippen LogP contribution in [0.4, 0.5) is 5.82 Å². The molecular formula is C12H11N5OS. The minimum atomic E-state index is -0.0823. The van der Waals surface area contributed by atoms with Gasteiger partial charge in [-0.2, -0.15) is 10.5 Å². The molecule has 19 heavy (non-hydrogen) atoms. The Balaban J connectivity index is 2.07. The van der Waals surface area contributed by atoms with E-state index >= 15 is 0 Å². The van der Waals surface area contributed by atoms with Gasteiger partial charge < -0.3 is 11.1 Å². The number of pyridine rings is 1. The van der Waals surface area contributed by atoms with E-state index in [1.54, 1.807) is 0 Å². The average Bonchev–Trinajstić information content (AvgIpc) is 3.20. The molecule has 1 aliphatic carbocycles. The SMILES string of the molecule is N#Cc1cc(C#N)c(SCC(=O)NC2CC2)nc1N. The summed E-state index contributed by atoms with van der Waals surface area (Å²) in [6, 6.07) is 5.52. The number of thioether (sulfide) groups is 1. The summed E-state index contributed by atoms with van der Waals surface area (Å²) in [6.07, 6.45) is 2.06. The fourth-order valence-corrected chi connectivity index (χ4v) is 2.19. The lowest BCUT2D eigenvalue weighted by Crippen LogP contribution is -2.27. The van der Waals surface area contributed by atoms with Crippen LogP contribution in [0.5, 0.6) is 0 Å². The molecule has 1 saturated carbocycles. The maximum Gasteiger partial charge on any atom is 0.230 e. The number of amides is 1. The van der Waals surface area contributed by atoms with E-state index in [9.17, 15) is 4.79 Å². The first-order valence-electron chi connectivity index (χ1n) is 5.67. The number of anilines is 1. The highest BCUT2D eigenvalue weighted by Crippen LogP contribution is 2.24. The largest absolute Gasteiger partial charge is 0.383 e. The summed E-state index contributed by atoms with van der Waals surface area (Å²) in [5, 5.41) is 21.0. The lowest BCUT2D eigenvalue weighted by Gasteiger charge is -2.06. The molecule has 0 saturated heterocycles. The minimum Gasteiger partial charge on any atom is -0.383 e. The Hall–Kier alpha value is -2.25. The second-order valence-electron chi connectivity index (χ2n) is 4.13. The zero-order chi connectivity index (χ0) is 13.8. The molecule has 6 nitrogen and oxygen atoms in total. The van der Waals surface area contributed by atoms with Crippen molar-refractivity contribution in [3.05, 3.63) is 17.2 Å². The van der Waals surface area contributed by atoms with Crippen molar-refractivity contribution in [1.29, 1.82) is 10.5 Å². The normalized spacial score (nSPS) is 13.4. The third kappa shape index (κ3) is 3.36. The molecular weight excluding hydrogens is 262 g/mol. The van der Waals surface area contributed by atoms with Crippen LogP contribution in [0.1, 0.15) is 24.0 Å². The number of nitrogens with two attached hydrogens (primary N) is 1. The van der Waals surface area contributed by atoms with Gasteiger partial charge in [-0.25, -0.2) is 4.98 Å². The second-order valence-corrected chi connectivity index (χ2v) is 5.09. The van der Waals surface area contributed by atoms with Crippen LogP contribution in [0.25, 0.3) is 0 Å². The Bertz CT molecular complexity index is 597. The van der Waals surface area contributed by atoms with Crippen molar-refractivity contribution in [2.45, 2.75) is 23.9 Å². The topological polar surface area (TPSA) is 116 Å². The van der Waals surface area contributed by atoms with E-state index in [1.165, 1.54) is 6.07 Å². The predicted octanol–water partition coefficient (Wildman–Crippen LogP) is 0.778. The van der Waals surface area contributed by atoms with Gasteiger partial charge >= 0.3 is 0 Å². The Morgan fingerprint density at radius 3 is 2.74 bits per heavy atom. The Kier molecular flexibility index (Phi) is 3.88. The zero-order valence-corrected chi connectivity index (χ0v) is 10.8. The van der Waals surface area contributed by atoms with Gasteiger partial charge in [0.05, 0.1) is 16.9 Å². The van der Waals surface area contributed by atoms with Gasteiger partial charge in [-0.05, 0) is 18.9 Å². The molecule has 0 aromatic carbocycles.